The van der Waals surface area contributed by atoms with Crippen LogP contribution in [0.4, 0.5) is 21.0 Å². The van der Waals surface area contributed by atoms with Crippen LogP contribution >= 0.6 is 0 Å². The molecule has 3 amide bonds. The average Bonchev–Trinajstić information content (AvgIpc) is 3.66. The number of hydrogen-bond acceptors (Lipinski definition) is 8. The number of carbonyl (C=O) groups excluding carboxylic acids is 4. The summed E-state index contributed by atoms with van der Waals surface area (Å²) >= 11 is 0. The van der Waals surface area contributed by atoms with E-state index in [0.29, 0.717) is 71.2 Å². The molecule has 414 valence electrons. The molecule has 0 fully saturated rings. The van der Waals surface area contributed by atoms with Gasteiger partial charge in [-0.3, -0.25) is 9.59 Å². The molecule has 0 saturated heterocycles. The van der Waals surface area contributed by atoms with Crippen molar-refractivity contribution in [2.75, 3.05) is 50.7 Å². The van der Waals surface area contributed by atoms with Crippen molar-refractivity contribution in [1.82, 2.24) is 15.1 Å². The molecule has 75 heavy (non-hydrogen) atoms. The second kappa shape index (κ2) is 28.5. The van der Waals surface area contributed by atoms with Crippen LogP contribution < -0.4 is 10.2 Å². The summed E-state index contributed by atoms with van der Waals surface area (Å²) in [5.41, 5.74) is 5.82. The number of unbranched alkanes of at least 4 members (excludes halogenated alkanes) is 5. The predicted molar refractivity (Wildman–Crippen MR) is 307 cm³/mol. The standard InChI is InChI=1S/C63H95N5O7/c1-15-16-47-67-51-36-26-24-34-49(51)62(11,12)53(67)38-21-18-17-19-22-39-54-63(13,14)50-35-25-27-37-52(50)68(54)48-29-20-23-40-55(69)64-42-33-46-66(58(72)75-61(8,9)10)45-32-31-44-65(57(71)74-60(5,6)7)43-30-28-41-56(70)73-59(2,3)4/h17-19,21-22,24-27,34-39H,15-16,20,23,28-33,40-48H2,1-14H3/p+1. The Morgan fingerprint density at radius 2 is 1.13 bits per heavy atom. The second-order valence-corrected chi connectivity index (χ2v) is 24.2. The number of benzene rings is 2. The van der Waals surface area contributed by atoms with Gasteiger partial charge in [0.25, 0.3) is 0 Å². The molecule has 12 nitrogen and oxygen atoms in total. The van der Waals surface area contributed by atoms with E-state index in [-0.39, 0.29) is 29.1 Å². The zero-order chi connectivity index (χ0) is 55.5. The monoisotopic (exact) mass is 1030 g/mol. The van der Waals surface area contributed by atoms with E-state index >= 15 is 0 Å². The Morgan fingerprint density at radius 3 is 1.75 bits per heavy atom. The number of allylic oxidation sites excluding steroid dienone is 8. The first-order chi connectivity index (χ1) is 35.2. The van der Waals surface area contributed by atoms with E-state index in [0.717, 1.165) is 45.2 Å². The molecule has 4 rings (SSSR count). The van der Waals surface area contributed by atoms with Crippen molar-refractivity contribution >= 4 is 41.1 Å². The molecule has 0 atom stereocenters. The Morgan fingerprint density at radius 1 is 0.600 bits per heavy atom. The summed E-state index contributed by atoms with van der Waals surface area (Å²) in [5.74, 6) is -0.241. The highest BCUT2D eigenvalue weighted by atomic mass is 16.6. The van der Waals surface area contributed by atoms with Gasteiger partial charge in [0.1, 0.15) is 23.3 Å². The Kier molecular flexibility index (Phi) is 23.5. The smallest absolute Gasteiger partial charge is 0.410 e. The summed E-state index contributed by atoms with van der Waals surface area (Å²) in [6.45, 7) is 32.2. The Labute approximate surface area is 452 Å². The molecule has 0 aromatic heterocycles. The van der Waals surface area contributed by atoms with Crippen LogP contribution in [0.15, 0.2) is 96.8 Å². The minimum Gasteiger partial charge on any atom is -0.460 e. The number of nitrogens with zero attached hydrogens (tertiary/aromatic N) is 4. The van der Waals surface area contributed by atoms with Gasteiger partial charge in [-0.1, -0.05) is 94.0 Å². The van der Waals surface area contributed by atoms with Crippen LogP contribution in [0.5, 0.6) is 0 Å². The number of hydrogen-bond donors (Lipinski definition) is 1. The van der Waals surface area contributed by atoms with Crippen LogP contribution in [0.1, 0.15) is 185 Å². The van der Waals surface area contributed by atoms with Gasteiger partial charge in [0.2, 0.25) is 11.6 Å². The van der Waals surface area contributed by atoms with Crippen LogP contribution in [-0.2, 0) is 34.6 Å². The average molecular weight is 1040 g/mol. The second-order valence-electron chi connectivity index (χ2n) is 24.2. The summed E-state index contributed by atoms with van der Waals surface area (Å²) in [4.78, 5) is 57.6. The zero-order valence-electron chi connectivity index (χ0n) is 48.7. The van der Waals surface area contributed by atoms with E-state index in [4.69, 9.17) is 14.2 Å². The van der Waals surface area contributed by atoms with E-state index in [2.05, 4.69) is 140 Å². The lowest BCUT2D eigenvalue weighted by Crippen LogP contribution is -2.40. The molecule has 0 saturated carbocycles. The number of carbonyl (C=O) groups is 4. The molecule has 0 spiro atoms. The maximum atomic E-state index is 13.3. The Balaban J connectivity index is 1.26. The van der Waals surface area contributed by atoms with Crippen molar-refractivity contribution in [2.45, 2.75) is 202 Å². The zero-order valence-corrected chi connectivity index (χ0v) is 48.7. The van der Waals surface area contributed by atoms with Gasteiger partial charge in [-0.05, 0) is 145 Å². The maximum absolute atomic E-state index is 13.3. The number of ether oxygens (including phenoxy) is 3. The third-order valence-corrected chi connectivity index (χ3v) is 13.4. The molecular weight excluding hydrogens is 939 g/mol. The fraction of sp³-hybridized carbons (Fsp3) is 0.603. The lowest BCUT2D eigenvalue weighted by Gasteiger charge is -2.29. The first-order valence-corrected chi connectivity index (χ1v) is 28.0. The number of rotatable bonds is 27. The number of amides is 3. The van der Waals surface area contributed by atoms with Crippen LogP contribution in [-0.4, -0.2) is 107 Å². The van der Waals surface area contributed by atoms with Crippen molar-refractivity contribution in [3.8, 4) is 0 Å². The van der Waals surface area contributed by atoms with E-state index in [1.54, 1.807) is 9.80 Å². The number of nitrogens with one attached hydrogen (secondary N) is 1. The van der Waals surface area contributed by atoms with Crippen molar-refractivity contribution in [3.63, 3.8) is 0 Å². The van der Waals surface area contributed by atoms with Gasteiger partial charge in [-0.2, -0.15) is 4.58 Å². The van der Waals surface area contributed by atoms with E-state index < -0.39 is 29.0 Å². The summed E-state index contributed by atoms with van der Waals surface area (Å²) in [5, 5.41) is 3.07. The van der Waals surface area contributed by atoms with E-state index in [1.165, 1.54) is 33.9 Å². The fourth-order valence-corrected chi connectivity index (χ4v) is 9.70. The van der Waals surface area contributed by atoms with Gasteiger partial charge in [0.05, 0.1) is 5.41 Å². The quantitative estimate of drug-likeness (QED) is 0.0309. The van der Waals surface area contributed by atoms with Crippen LogP contribution in [0, 0.1) is 0 Å². The predicted octanol–water partition coefficient (Wildman–Crippen LogP) is 14.0. The first-order valence-electron chi connectivity index (χ1n) is 28.0. The van der Waals surface area contributed by atoms with Crippen LogP contribution in [0.25, 0.3) is 0 Å². The molecule has 12 heteroatoms. The van der Waals surface area contributed by atoms with Crippen molar-refractivity contribution in [2.24, 2.45) is 0 Å². The highest BCUT2D eigenvalue weighted by Crippen LogP contribution is 2.47. The molecule has 0 aliphatic carbocycles. The number of para-hydroxylation sites is 2. The molecule has 2 aromatic rings. The molecule has 0 bridgehead atoms. The van der Waals surface area contributed by atoms with Gasteiger partial charge in [-0.25, -0.2) is 9.59 Å². The van der Waals surface area contributed by atoms with Gasteiger partial charge in [-0.15, -0.1) is 0 Å². The molecule has 0 unspecified atom stereocenters. The molecule has 0 radical (unpaired) electrons. The minimum atomic E-state index is -0.660. The van der Waals surface area contributed by atoms with Crippen molar-refractivity contribution in [3.05, 3.63) is 108 Å². The van der Waals surface area contributed by atoms with Crippen LogP contribution in [0.3, 0.4) is 0 Å². The highest BCUT2D eigenvalue weighted by molar-refractivity contribution is 6.03. The summed E-state index contributed by atoms with van der Waals surface area (Å²) in [6.07, 6.45) is 23.2. The Bertz CT molecular complexity index is 2350. The van der Waals surface area contributed by atoms with Crippen molar-refractivity contribution in [1.29, 1.82) is 0 Å². The normalized spacial score (nSPS) is 15.8. The largest absolute Gasteiger partial charge is 0.460 e. The topological polar surface area (TPSA) is 121 Å². The van der Waals surface area contributed by atoms with Crippen molar-refractivity contribution < 1.29 is 38.0 Å². The fourth-order valence-electron chi connectivity index (χ4n) is 9.70. The van der Waals surface area contributed by atoms with Gasteiger partial charge >= 0.3 is 18.2 Å². The van der Waals surface area contributed by atoms with Gasteiger partial charge in [0, 0.05) is 93.0 Å². The summed E-state index contributed by atoms with van der Waals surface area (Å²) in [7, 11) is 0. The highest BCUT2D eigenvalue weighted by Gasteiger charge is 2.44. The van der Waals surface area contributed by atoms with E-state index in [1.807, 2.05) is 62.3 Å². The lowest BCUT2D eigenvalue weighted by atomic mass is 9.81. The first kappa shape index (κ1) is 61.9. The van der Waals surface area contributed by atoms with Gasteiger partial charge in [0.15, 0.2) is 5.71 Å². The molecule has 2 aliphatic heterocycles. The number of fused-ring (bicyclic) bond motifs is 2. The summed E-state index contributed by atoms with van der Waals surface area (Å²) in [6, 6.07) is 17.5. The van der Waals surface area contributed by atoms with E-state index in [9.17, 15) is 19.2 Å². The molecular formula is C63H96N5O7+. The number of anilines is 1. The molecule has 2 aromatic carbocycles. The number of esters is 1. The lowest BCUT2D eigenvalue weighted by molar-refractivity contribution is -0.438. The van der Waals surface area contributed by atoms with Gasteiger partial charge < -0.3 is 34.2 Å². The minimum absolute atomic E-state index is 0.0119. The SMILES string of the molecule is CCCCN1/C(=C/C=C/C=C/C=C/C2=[N+](CCCCCC(=O)NCCCN(CCCCN(CCCCC(=O)OC(C)(C)C)C(=O)OC(C)(C)C)C(=O)OC(C)(C)C)c3ccccc3C2(C)C)C(C)(C)c2ccccc21. The maximum Gasteiger partial charge on any atom is 0.410 e. The van der Waals surface area contributed by atoms with Crippen LogP contribution in [0.2, 0.25) is 0 Å². The molecule has 2 aliphatic rings. The third-order valence-electron chi connectivity index (χ3n) is 13.4. The Hall–Kier alpha value is -5.65. The molecule has 2 heterocycles. The third kappa shape index (κ3) is 20.1. The molecule has 1 N–H and O–H groups in total. The summed E-state index contributed by atoms with van der Waals surface area (Å²) < 4.78 is 19.3.